The van der Waals surface area contributed by atoms with Gasteiger partial charge in [0.1, 0.15) is 5.54 Å². The molecule has 82 valence electrons. The number of carboxylic acids is 1. The fourth-order valence-electron chi connectivity index (χ4n) is 1.79. The molecule has 2 atom stereocenters. The third kappa shape index (κ3) is 1.91. The first-order valence-corrected chi connectivity index (χ1v) is 4.95. The van der Waals surface area contributed by atoms with E-state index >= 15 is 0 Å². The van der Waals surface area contributed by atoms with Gasteiger partial charge in [-0.3, -0.25) is 9.69 Å². The van der Waals surface area contributed by atoms with Crippen LogP contribution in [0, 0.1) is 0 Å². The first-order chi connectivity index (χ1) is 6.37. The van der Waals surface area contributed by atoms with Crippen molar-refractivity contribution < 1.29 is 14.6 Å². The number of hydrogen-bond acceptors (Lipinski definition) is 3. The van der Waals surface area contributed by atoms with Crippen LogP contribution in [0.5, 0.6) is 0 Å². The summed E-state index contributed by atoms with van der Waals surface area (Å²) in [6.45, 7) is 6.17. The SMILES string of the molecule is CC1OCCC1N(C)C(C)(C)C(=O)O. The summed E-state index contributed by atoms with van der Waals surface area (Å²) in [6.07, 6.45) is 1.03. The molecule has 1 N–H and O–H groups in total. The molecule has 14 heavy (non-hydrogen) atoms. The van der Waals surface area contributed by atoms with Crippen LogP contribution in [0.25, 0.3) is 0 Å². The van der Waals surface area contributed by atoms with E-state index in [9.17, 15) is 4.79 Å². The van der Waals surface area contributed by atoms with Crippen LogP contribution in [0.2, 0.25) is 0 Å². The molecular formula is C10H19NO3. The molecule has 1 heterocycles. The highest BCUT2D eigenvalue weighted by Gasteiger charge is 2.40. The van der Waals surface area contributed by atoms with Crippen molar-refractivity contribution in [3.8, 4) is 0 Å². The average Bonchev–Trinajstić information content (AvgIpc) is 2.49. The molecule has 0 saturated carbocycles. The van der Waals surface area contributed by atoms with Crippen LogP contribution in [0.15, 0.2) is 0 Å². The van der Waals surface area contributed by atoms with Gasteiger partial charge in [0, 0.05) is 12.6 Å². The predicted molar refractivity (Wildman–Crippen MR) is 53.3 cm³/mol. The van der Waals surface area contributed by atoms with Gasteiger partial charge in [0.2, 0.25) is 0 Å². The van der Waals surface area contributed by atoms with Crippen molar-refractivity contribution >= 4 is 5.97 Å². The maximum absolute atomic E-state index is 11.0. The Morgan fingerprint density at radius 1 is 1.57 bits per heavy atom. The standard InChI is InChI=1S/C10H19NO3/c1-7-8(5-6-14-7)11(4)10(2,3)9(12)13/h7-8H,5-6H2,1-4H3,(H,12,13). The Kier molecular flexibility index (Phi) is 3.17. The highest BCUT2D eigenvalue weighted by Crippen LogP contribution is 2.25. The summed E-state index contributed by atoms with van der Waals surface area (Å²) < 4.78 is 5.43. The Labute approximate surface area is 84.8 Å². The van der Waals surface area contributed by atoms with Crippen LogP contribution >= 0.6 is 0 Å². The molecule has 4 nitrogen and oxygen atoms in total. The van der Waals surface area contributed by atoms with E-state index < -0.39 is 11.5 Å². The largest absolute Gasteiger partial charge is 0.480 e. The Balaban J connectivity index is 2.73. The van der Waals surface area contributed by atoms with Crippen molar-refractivity contribution in [3.63, 3.8) is 0 Å². The lowest BCUT2D eigenvalue weighted by atomic mass is 9.99. The third-order valence-electron chi connectivity index (χ3n) is 3.24. The zero-order valence-corrected chi connectivity index (χ0v) is 9.28. The third-order valence-corrected chi connectivity index (χ3v) is 3.24. The summed E-state index contributed by atoms with van der Waals surface area (Å²) in [7, 11) is 1.85. The van der Waals surface area contributed by atoms with Crippen LogP contribution in [0.4, 0.5) is 0 Å². The zero-order valence-electron chi connectivity index (χ0n) is 9.28. The second-order valence-electron chi connectivity index (χ2n) is 4.41. The van der Waals surface area contributed by atoms with Crippen LogP contribution in [0.3, 0.4) is 0 Å². The summed E-state index contributed by atoms with van der Waals surface area (Å²) in [4.78, 5) is 12.9. The van der Waals surface area contributed by atoms with Gasteiger partial charge in [0.15, 0.2) is 0 Å². The number of carboxylic acid groups (broad SMARTS) is 1. The van der Waals surface area contributed by atoms with E-state index in [1.165, 1.54) is 0 Å². The number of nitrogens with zero attached hydrogens (tertiary/aromatic N) is 1. The molecule has 4 heteroatoms. The second kappa shape index (κ2) is 3.87. The Hall–Kier alpha value is -0.610. The average molecular weight is 201 g/mol. The molecule has 1 aliphatic rings. The number of aliphatic carboxylic acids is 1. The van der Waals surface area contributed by atoms with Gasteiger partial charge >= 0.3 is 5.97 Å². The highest BCUT2D eigenvalue weighted by atomic mass is 16.5. The lowest BCUT2D eigenvalue weighted by Crippen LogP contribution is -2.54. The van der Waals surface area contributed by atoms with E-state index in [2.05, 4.69) is 0 Å². The van der Waals surface area contributed by atoms with E-state index in [1.54, 1.807) is 13.8 Å². The van der Waals surface area contributed by atoms with Gasteiger partial charge in [-0.1, -0.05) is 0 Å². The zero-order chi connectivity index (χ0) is 10.9. The van der Waals surface area contributed by atoms with E-state index in [-0.39, 0.29) is 12.1 Å². The topological polar surface area (TPSA) is 49.8 Å². The quantitative estimate of drug-likeness (QED) is 0.739. The molecule has 1 aliphatic heterocycles. The number of ether oxygens (including phenoxy) is 1. The predicted octanol–water partition coefficient (Wildman–Crippen LogP) is 0.959. The summed E-state index contributed by atoms with van der Waals surface area (Å²) in [6, 6.07) is 0.209. The van der Waals surface area contributed by atoms with Gasteiger partial charge in [0.25, 0.3) is 0 Å². The van der Waals surface area contributed by atoms with Crippen LogP contribution in [-0.4, -0.2) is 47.3 Å². The summed E-state index contributed by atoms with van der Waals surface area (Å²) in [5.74, 6) is -0.792. The molecule has 0 aromatic carbocycles. The number of carbonyl (C=O) groups is 1. The van der Waals surface area contributed by atoms with Gasteiger partial charge < -0.3 is 9.84 Å². The van der Waals surface area contributed by atoms with Gasteiger partial charge in [0.05, 0.1) is 6.10 Å². The summed E-state index contributed by atoms with van der Waals surface area (Å²) >= 11 is 0. The first kappa shape index (κ1) is 11.5. The van der Waals surface area contributed by atoms with Crippen molar-refractivity contribution in [2.24, 2.45) is 0 Å². The van der Waals surface area contributed by atoms with Crippen molar-refractivity contribution in [2.75, 3.05) is 13.7 Å². The monoisotopic (exact) mass is 201 g/mol. The number of rotatable bonds is 3. The van der Waals surface area contributed by atoms with Crippen molar-refractivity contribution in [3.05, 3.63) is 0 Å². The lowest BCUT2D eigenvalue weighted by molar-refractivity contribution is -0.150. The highest BCUT2D eigenvalue weighted by molar-refractivity contribution is 5.77. The van der Waals surface area contributed by atoms with Gasteiger partial charge in [-0.25, -0.2) is 0 Å². The molecule has 1 saturated heterocycles. The minimum atomic E-state index is -0.827. The molecule has 0 amide bonds. The Morgan fingerprint density at radius 3 is 2.50 bits per heavy atom. The molecule has 0 aliphatic carbocycles. The normalized spacial score (nSPS) is 28.4. The minimum absolute atomic E-state index is 0.124. The van der Waals surface area contributed by atoms with Gasteiger partial charge in [-0.2, -0.15) is 0 Å². The van der Waals surface area contributed by atoms with Gasteiger partial charge in [-0.15, -0.1) is 0 Å². The maximum Gasteiger partial charge on any atom is 0.323 e. The van der Waals surface area contributed by atoms with E-state index in [0.29, 0.717) is 0 Å². The molecule has 1 rings (SSSR count). The van der Waals surface area contributed by atoms with E-state index in [1.807, 2.05) is 18.9 Å². The van der Waals surface area contributed by atoms with E-state index in [4.69, 9.17) is 9.84 Å². The molecule has 1 fully saturated rings. The van der Waals surface area contributed by atoms with Crippen molar-refractivity contribution in [1.29, 1.82) is 0 Å². The molecule has 2 unspecified atom stereocenters. The molecule has 0 radical (unpaired) electrons. The summed E-state index contributed by atoms with van der Waals surface area (Å²) in [5, 5.41) is 9.08. The Bertz CT molecular complexity index is 227. The molecule has 0 bridgehead atoms. The molecule has 0 aromatic rings. The van der Waals surface area contributed by atoms with E-state index in [0.717, 1.165) is 13.0 Å². The van der Waals surface area contributed by atoms with Gasteiger partial charge in [-0.05, 0) is 34.2 Å². The van der Waals surface area contributed by atoms with Crippen molar-refractivity contribution in [1.82, 2.24) is 4.90 Å². The lowest BCUT2D eigenvalue weighted by Gasteiger charge is -2.37. The van der Waals surface area contributed by atoms with Crippen LogP contribution < -0.4 is 0 Å². The Morgan fingerprint density at radius 2 is 2.14 bits per heavy atom. The number of likely N-dealkylation sites (N-methyl/N-ethyl adjacent to an activating group) is 1. The van der Waals surface area contributed by atoms with Crippen molar-refractivity contribution in [2.45, 2.75) is 44.9 Å². The van der Waals surface area contributed by atoms with Crippen LogP contribution in [0.1, 0.15) is 27.2 Å². The first-order valence-electron chi connectivity index (χ1n) is 4.95. The molecule has 0 aromatic heterocycles. The fraction of sp³-hybridized carbons (Fsp3) is 0.900. The number of hydrogen-bond donors (Lipinski definition) is 1. The summed E-state index contributed by atoms with van der Waals surface area (Å²) in [5.41, 5.74) is -0.827. The maximum atomic E-state index is 11.0. The second-order valence-corrected chi connectivity index (χ2v) is 4.41. The smallest absolute Gasteiger partial charge is 0.323 e. The molecular weight excluding hydrogens is 182 g/mol. The van der Waals surface area contributed by atoms with Crippen LogP contribution in [-0.2, 0) is 9.53 Å². The minimum Gasteiger partial charge on any atom is -0.480 e. The molecule has 0 spiro atoms. The fourth-order valence-corrected chi connectivity index (χ4v) is 1.79.